The Kier molecular flexibility index (Phi) is 8.27. The summed E-state index contributed by atoms with van der Waals surface area (Å²) >= 11 is 1.26. The van der Waals surface area contributed by atoms with Crippen LogP contribution in [0.3, 0.4) is 0 Å². The van der Waals surface area contributed by atoms with Gasteiger partial charge in [0.2, 0.25) is 0 Å². The van der Waals surface area contributed by atoms with Crippen LogP contribution in [0.25, 0.3) is 6.08 Å². The van der Waals surface area contributed by atoms with E-state index in [0.29, 0.717) is 52.7 Å². The lowest BCUT2D eigenvalue weighted by molar-refractivity contribution is -0.143. The van der Waals surface area contributed by atoms with Gasteiger partial charge in [0.1, 0.15) is 5.75 Å². The van der Waals surface area contributed by atoms with Gasteiger partial charge in [-0.1, -0.05) is 53.8 Å². The van der Waals surface area contributed by atoms with Crippen LogP contribution in [0.4, 0.5) is 0 Å². The van der Waals surface area contributed by atoms with Crippen molar-refractivity contribution in [1.82, 2.24) is 9.47 Å². The summed E-state index contributed by atoms with van der Waals surface area (Å²) in [4.78, 5) is 46.3. The first-order valence-electron chi connectivity index (χ1n) is 13.2. The summed E-state index contributed by atoms with van der Waals surface area (Å²) in [6, 6.07) is 16.0. The van der Waals surface area contributed by atoms with E-state index in [4.69, 9.17) is 14.2 Å². The average Bonchev–Trinajstić information content (AvgIpc) is 3.25. The monoisotopic (exact) mass is 561 g/mol. The molecule has 9 nitrogen and oxygen atoms in total. The Hall–Kier alpha value is -4.02. The summed E-state index contributed by atoms with van der Waals surface area (Å²) in [7, 11) is 0. The number of aromatic nitrogens is 1. The molecular weight excluding hydrogens is 530 g/mol. The Balaban J connectivity index is 1.47. The first kappa shape index (κ1) is 27.5. The first-order chi connectivity index (χ1) is 19.3. The molecule has 1 unspecified atom stereocenters. The highest BCUT2D eigenvalue weighted by atomic mass is 32.1. The van der Waals surface area contributed by atoms with Crippen LogP contribution >= 0.6 is 11.3 Å². The molecule has 3 aromatic rings. The maximum Gasteiger partial charge on any atom is 0.338 e. The molecule has 0 spiro atoms. The summed E-state index contributed by atoms with van der Waals surface area (Å²) in [5.41, 5.74) is 2.15. The van der Waals surface area contributed by atoms with Gasteiger partial charge < -0.3 is 19.1 Å². The largest absolute Gasteiger partial charge is 0.484 e. The van der Waals surface area contributed by atoms with Crippen LogP contribution in [0.2, 0.25) is 0 Å². The zero-order valence-corrected chi connectivity index (χ0v) is 23.5. The van der Waals surface area contributed by atoms with Crippen molar-refractivity contribution in [3.63, 3.8) is 0 Å². The van der Waals surface area contributed by atoms with Gasteiger partial charge in [0.25, 0.3) is 11.5 Å². The third-order valence-corrected chi connectivity index (χ3v) is 7.56. The smallest absolute Gasteiger partial charge is 0.338 e. The van der Waals surface area contributed by atoms with Gasteiger partial charge in [-0.2, -0.15) is 0 Å². The van der Waals surface area contributed by atoms with Crippen molar-refractivity contribution in [3.8, 4) is 5.75 Å². The van der Waals surface area contributed by atoms with Crippen molar-refractivity contribution in [2.45, 2.75) is 32.9 Å². The molecule has 1 fully saturated rings. The van der Waals surface area contributed by atoms with E-state index in [-0.39, 0.29) is 24.2 Å². The number of carbonyl (C=O) groups is 2. The fourth-order valence-electron chi connectivity index (χ4n) is 4.71. The second-order valence-corrected chi connectivity index (χ2v) is 10.8. The van der Waals surface area contributed by atoms with E-state index < -0.39 is 12.0 Å². The molecule has 0 bridgehead atoms. The Bertz CT molecular complexity index is 1620. The molecule has 5 rings (SSSR count). The summed E-state index contributed by atoms with van der Waals surface area (Å²) in [5, 5.41) is 0. The van der Waals surface area contributed by atoms with Crippen LogP contribution in [-0.2, 0) is 19.1 Å². The molecule has 208 valence electrons. The van der Waals surface area contributed by atoms with Crippen molar-refractivity contribution in [2.24, 2.45) is 4.99 Å². The molecule has 0 radical (unpaired) electrons. The van der Waals surface area contributed by atoms with Crippen molar-refractivity contribution < 1.29 is 23.8 Å². The third kappa shape index (κ3) is 5.93. The standard InChI is InChI=1S/C30H31N3O6S/c1-19(2)39-29(36)26-20(3)31-30-33(27(26)22-9-5-4-6-10-22)28(35)24(40-30)17-21-8-7-11-23(16-21)38-18-25(34)32-12-14-37-15-13-32/h4-11,16-17,19,27H,12-15,18H2,1-3H3. The van der Waals surface area contributed by atoms with Crippen molar-refractivity contribution in [2.75, 3.05) is 32.9 Å². The number of thiazole rings is 1. The van der Waals surface area contributed by atoms with Crippen LogP contribution < -0.4 is 19.6 Å². The van der Waals surface area contributed by atoms with Gasteiger partial charge in [0, 0.05) is 13.1 Å². The van der Waals surface area contributed by atoms with Crippen molar-refractivity contribution in [3.05, 3.63) is 96.7 Å². The zero-order chi connectivity index (χ0) is 28.2. The Labute approximate surface area is 235 Å². The predicted molar refractivity (Wildman–Crippen MR) is 151 cm³/mol. The molecule has 40 heavy (non-hydrogen) atoms. The van der Waals surface area contributed by atoms with Crippen LogP contribution in [0.5, 0.6) is 5.75 Å². The maximum atomic E-state index is 13.8. The fraction of sp³-hybridized carbons (Fsp3) is 0.333. The van der Waals surface area contributed by atoms with Gasteiger partial charge in [-0.3, -0.25) is 14.2 Å². The molecule has 2 aromatic carbocycles. The molecule has 2 aliphatic rings. The molecule has 0 saturated carbocycles. The normalized spacial score (nSPS) is 17.4. The summed E-state index contributed by atoms with van der Waals surface area (Å²) in [5.74, 6) is -0.0548. The molecule has 1 saturated heterocycles. The van der Waals surface area contributed by atoms with Gasteiger partial charge in [0.05, 0.1) is 41.2 Å². The summed E-state index contributed by atoms with van der Waals surface area (Å²) in [6.07, 6.45) is 1.46. The molecule has 0 N–H and O–H groups in total. The lowest BCUT2D eigenvalue weighted by Crippen LogP contribution is -2.42. The number of ether oxygens (including phenoxy) is 3. The highest BCUT2D eigenvalue weighted by Gasteiger charge is 2.33. The van der Waals surface area contributed by atoms with E-state index in [1.807, 2.05) is 42.5 Å². The first-order valence-corrected chi connectivity index (χ1v) is 14.0. The minimum atomic E-state index is -0.660. The number of fused-ring (bicyclic) bond motifs is 1. The quantitative estimate of drug-likeness (QED) is 0.411. The minimum Gasteiger partial charge on any atom is -0.484 e. The molecule has 1 atom stereocenters. The van der Waals surface area contributed by atoms with Gasteiger partial charge in [-0.05, 0) is 50.1 Å². The van der Waals surface area contributed by atoms with Crippen molar-refractivity contribution in [1.29, 1.82) is 0 Å². The van der Waals surface area contributed by atoms with E-state index in [1.54, 1.807) is 48.4 Å². The molecule has 1 amide bonds. The average molecular weight is 562 g/mol. The zero-order valence-electron chi connectivity index (χ0n) is 22.7. The van der Waals surface area contributed by atoms with E-state index in [0.717, 1.165) is 11.1 Å². The number of hydrogen-bond donors (Lipinski definition) is 0. The van der Waals surface area contributed by atoms with Crippen LogP contribution in [0.15, 0.2) is 75.7 Å². The van der Waals surface area contributed by atoms with E-state index in [1.165, 1.54) is 11.3 Å². The number of amides is 1. The molecule has 1 aromatic heterocycles. The SMILES string of the molecule is CC1=C(C(=O)OC(C)C)C(c2ccccc2)n2c(sc(=Cc3cccc(OCC(=O)N4CCOCC4)c3)c2=O)=N1. The second-order valence-electron chi connectivity index (χ2n) is 9.80. The van der Waals surface area contributed by atoms with Gasteiger partial charge >= 0.3 is 5.97 Å². The minimum absolute atomic E-state index is 0.0722. The Morgan fingerprint density at radius 3 is 2.60 bits per heavy atom. The maximum absolute atomic E-state index is 13.8. The number of carbonyl (C=O) groups excluding carboxylic acids is 2. The second kappa shape index (κ2) is 12.0. The Morgan fingerprint density at radius 1 is 1.12 bits per heavy atom. The molecule has 10 heteroatoms. The topological polar surface area (TPSA) is 99.4 Å². The van der Waals surface area contributed by atoms with Crippen LogP contribution in [-0.4, -0.2) is 60.4 Å². The number of hydrogen-bond acceptors (Lipinski definition) is 8. The number of rotatable bonds is 7. The number of nitrogens with zero attached hydrogens (tertiary/aromatic N) is 3. The molecule has 2 aliphatic heterocycles. The lowest BCUT2D eigenvalue weighted by atomic mass is 9.96. The van der Waals surface area contributed by atoms with Gasteiger partial charge in [-0.15, -0.1) is 0 Å². The molecular formula is C30H31N3O6S. The number of allylic oxidation sites excluding steroid dienone is 1. The lowest BCUT2D eigenvalue weighted by Gasteiger charge is -2.26. The fourth-order valence-corrected chi connectivity index (χ4v) is 5.75. The van der Waals surface area contributed by atoms with E-state index >= 15 is 0 Å². The van der Waals surface area contributed by atoms with E-state index in [2.05, 4.69) is 4.99 Å². The number of morpholine rings is 1. The third-order valence-electron chi connectivity index (χ3n) is 6.58. The van der Waals surface area contributed by atoms with Gasteiger partial charge in [0.15, 0.2) is 11.4 Å². The number of benzene rings is 2. The highest BCUT2D eigenvalue weighted by Crippen LogP contribution is 2.30. The Morgan fingerprint density at radius 2 is 1.88 bits per heavy atom. The highest BCUT2D eigenvalue weighted by molar-refractivity contribution is 7.07. The number of esters is 1. The van der Waals surface area contributed by atoms with Crippen molar-refractivity contribution >= 4 is 29.3 Å². The van der Waals surface area contributed by atoms with Crippen LogP contribution in [0.1, 0.15) is 37.9 Å². The van der Waals surface area contributed by atoms with Gasteiger partial charge in [-0.25, -0.2) is 9.79 Å². The summed E-state index contributed by atoms with van der Waals surface area (Å²) < 4.78 is 18.6. The molecule has 0 aliphatic carbocycles. The van der Waals surface area contributed by atoms with E-state index in [9.17, 15) is 14.4 Å². The molecule has 3 heterocycles. The predicted octanol–water partition coefficient (Wildman–Crippen LogP) is 2.42. The van der Waals surface area contributed by atoms with Crippen LogP contribution in [0, 0.1) is 0 Å². The summed E-state index contributed by atoms with van der Waals surface area (Å²) in [6.45, 7) is 7.45.